The second-order valence-corrected chi connectivity index (χ2v) is 1.51. The van der Waals surface area contributed by atoms with E-state index in [9.17, 15) is 4.39 Å². The largest absolute Gasteiger partial charge is 0.218 e. The standard InChI is InChI=1S/C5H3FN4/c6-4-2-1-3-5(8-4)9-10-7/h1-3H. The molecule has 0 bridgehead atoms. The Kier molecular flexibility index (Phi) is 1.82. The van der Waals surface area contributed by atoms with E-state index >= 15 is 0 Å². The van der Waals surface area contributed by atoms with Crippen molar-refractivity contribution in [3.05, 3.63) is 34.6 Å². The van der Waals surface area contributed by atoms with E-state index in [0.717, 1.165) is 0 Å². The summed E-state index contributed by atoms with van der Waals surface area (Å²) in [5.41, 5.74) is 7.91. The quantitative estimate of drug-likeness (QED) is 0.254. The van der Waals surface area contributed by atoms with Crippen LogP contribution in [-0.2, 0) is 0 Å². The van der Waals surface area contributed by atoms with E-state index in [2.05, 4.69) is 15.0 Å². The van der Waals surface area contributed by atoms with E-state index in [-0.39, 0.29) is 5.82 Å². The number of nitrogens with zero attached hydrogens (tertiary/aromatic N) is 4. The maximum Gasteiger partial charge on any atom is 0.213 e. The first-order chi connectivity index (χ1) is 4.83. The fourth-order valence-corrected chi connectivity index (χ4v) is 0.499. The lowest BCUT2D eigenvalue weighted by Crippen LogP contribution is -1.77. The van der Waals surface area contributed by atoms with Crippen LogP contribution in [0.2, 0.25) is 0 Å². The highest BCUT2D eigenvalue weighted by atomic mass is 19.1. The first-order valence-corrected chi connectivity index (χ1v) is 2.50. The molecule has 0 amide bonds. The summed E-state index contributed by atoms with van der Waals surface area (Å²) in [7, 11) is 0. The summed E-state index contributed by atoms with van der Waals surface area (Å²) in [6.45, 7) is 0. The van der Waals surface area contributed by atoms with Crippen molar-refractivity contribution in [2.75, 3.05) is 0 Å². The Balaban J connectivity index is 3.06. The molecule has 1 heterocycles. The van der Waals surface area contributed by atoms with E-state index in [1.807, 2.05) is 0 Å². The number of aromatic nitrogens is 1. The number of rotatable bonds is 1. The Morgan fingerprint density at radius 1 is 1.60 bits per heavy atom. The summed E-state index contributed by atoms with van der Waals surface area (Å²) in [5, 5.41) is 3.10. The van der Waals surface area contributed by atoms with Crippen LogP contribution in [0, 0.1) is 5.95 Å². The first kappa shape index (κ1) is 6.51. The maximum absolute atomic E-state index is 12.2. The number of halogens is 1. The fraction of sp³-hybridized carbons (Fsp3) is 0. The Labute approximate surface area is 56.0 Å². The van der Waals surface area contributed by atoms with Gasteiger partial charge in [0.25, 0.3) is 0 Å². The molecule has 0 saturated heterocycles. The molecule has 0 aliphatic carbocycles. The van der Waals surface area contributed by atoms with E-state index < -0.39 is 5.95 Å². The predicted octanol–water partition coefficient (Wildman–Crippen LogP) is 2.16. The van der Waals surface area contributed by atoms with Gasteiger partial charge >= 0.3 is 0 Å². The monoisotopic (exact) mass is 138 g/mol. The smallest absolute Gasteiger partial charge is 0.213 e. The van der Waals surface area contributed by atoms with Gasteiger partial charge in [0.15, 0.2) is 0 Å². The highest BCUT2D eigenvalue weighted by Gasteiger charge is 1.90. The highest BCUT2D eigenvalue weighted by molar-refractivity contribution is 5.25. The summed E-state index contributed by atoms with van der Waals surface area (Å²) in [5.74, 6) is -0.604. The fourth-order valence-electron chi connectivity index (χ4n) is 0.499. The van der Waals surface area contributed by atoms with Crippen LogP contribution < -0.4 is 0 Å². The maximum atomic E-state index is 12.2. The molecule has 1 aromatic heterocycles. The average molecular weight is 138 g/mol. The van der Waals surface area contributed by atoms with Crippen LogP contribution in [0.3, 0.4) is 0 Å². The molecule has 0 aliphatic heterocycles. The van der Waals surface area contributed by atoms with Gasteiger partial charge in [-0.2, -0.15) is 4.39 Å². The van der Waals surface area contributed by atoms with Crippen LogP contribution in [-0.4, -0.2) is 4.98 Å². The van der Waals surface area contributed by atoms with Crippen molar-refractivity contribution in [3.63, 3.8) is 0 Å². The summed E-state index contributed by atoms with van der Waals surface area (Å²) < 4.78 is 12.2. The van der Waals surface area contributed by atoms with Gasteiger partial charge in [0.1, 0.15) is 5.82 Å². The Bertz CT molecular complexity index is 279. The Morgan fingerprint density at radius 3 is 3.00 bits per heavy atom. The lowest BCUT2D eigenvalue weighted by molar-refractivity contribution is 0.585. The SMILES string of the molecule is [N-]=[N+]=Nc1cccc(F)n1. The average Bonchev–Trinajstić information content (AvgIpc) is 1.88. The van der Waals surface area contributed by atoms with Crippen LogP contribution >= 0.6 is 0 Å². The molecule has 50 valence electrons. The van der Waals surface area contributed by atoms with E-state index in [1.165, 1.54) is 18.2 Å². The van der Waals surface area contributed by atoms with E-state index in [0.29, 0.717) is 0 Å². The first-order valence-electron chi connectivity index (χ1n) is 2.50. The zero-order valence-electron chi connectivity index (χ0n) is 4.90. The lowest BCUT2D eigenvalue weighted by Gasteiger charge is -1.87. The predicted molar refractivity (Wildman–Crippen MR) is 33.0 cm³/mol. The van der Waals surface area contributed by atoms with Gasteiger partial charge in [-0.15, -0.1) is 0 Å². The van der Waals surface area contributed by atoms with Gasteiger partial charge in [0.05, 0.1) is 0 Å². The second kappa shape index (κ2) is 2.80. The van der Waals surface area contributed by atoms with Gasteiger partial charge in [0, 0.05) is 4.91 Å². The summed E-state index contributed by atoms with van der Waals surface area (Å²) in [4.78, 5) is 5.72. The minimum Gasteiger partial charge on any atom is -0.218 e. The summed E-state index contributed by atoms with van der Waals surface area (Å²) >= 11 is 0. The minimum atomic E-state index is -0.648. The molecule has 0 N–H and O–H groups in total. The van der Waals surface area contributed by atoms with Crippen molar-refractivity contribution < 1.29 is 4.39 Å². The molecule has 0 radical (unpaired) electrons. The number of pyridine rings is 1. The number of azide groups is 1. The molecular weight excluding hydrogens is 135 g/mol. The number of hydrogen-bond donors (Lipinski definition) is 0. The minimum absolute atomic E-state index is 0.0440. The van der Waals surface area contributed by atoms with Gasteiger partial charge in [-0.25, -0.2) is 4.98 Å². The molecule has 1 aromatic rings. The molecule has 0 unspecified atom stereocenters. The van der Waals surface area contributed by atoms with Gasteiger partial charge < -0.3 is 0 Å². The summed E-state index contributed by atoms with van der Waals surface area (Å²) in [6, 6.07) is 4.02. The normalized spacial score (nSPS) is 8.50. The van der Waals surface area contributed by atoms with Crippen LogP contribution in [0.4, 0.5) is 10.2 Å². The van der Waals surface area contributed by atoms with Crippen molar-refractivity contribution in [1.29, 1.82) is 0 Å². The molecule has 1 rings (SSSR count). The summed E-state index contributed by atoms with van der Waals surface area (Å²) in [6.07, 6.45) is 0. The third-order valence-electron chi connectivity index (χ3n) is 0.848. The van der Waals surface area contributed by atoms with Gasteiger partial charge in [-0.1, -0.05) is 6.07 Å². The highest BCUT2D eigenvalue weighted by Crippen LogP contribution is 2.06. The van der Waals surface area contributed by atoms with Crippen LogP contribution in [0.25, 0.3) is 10.4 Å². The molecule has 4 nitrogen and oxygen atoms in total. The zero-order chi connectivity index (χ0) is 7.40. The third kappa shape index (κ3) is 1.43. The Hall–Kier alpha value is -1.61. The molecule has 10 heavy (non-hydrogen) atoms. The lowest BCUT2D eigenvalue weighted by atomic mass is 10.5. The molecule has 5 heteroatoms. The van der Waals surface area contributed by atoms with Crippen molar-refractivity contribution in [1.82, 2.24) is 4.98 Å². The second-order valence-electron chi connectivity index (χ2n) is 1.51. The van der Waals surface area contributed by atoms with E-state index in [1.54, 1.807) is 0 Å². The third-order valence-corrected chi connectivity index (χ3v) is 0.848. The molecule has 0 saturated carbocycles. The molecule has 0 fully saturated rings. The van der Waals surface area contributed by atoms with Gasteiger partial charge in [-0.05, 0) is 22.8 Å². The topological polar surface area (TPSA) is 61.7 Å². The zero-order valence-corrected chi connectivity index (χ0v) is 4.90. The van der Waals surface area contributed by atoms with Crippen molar-refractivity contribution >= 4 is 5.82 Å². The van der Waals surface area contributed by atoms with Crippen LogP contribution in [0.5, 0.6) is 0 Å². The molecule has 0 spiro atoms. The van der Waals surface area contributed by atoms with Crippen molar-refractivity contribution in [2.45, 2.75) is 0 Å². The van der Waals surface area contributed by atoms with Gasteiger partial charge in [0.2, 0.25) is 5.95 Å². The Morgan fingerprint density at radius 2 is 2.40 bits per heavy atom. The molecule has 0 atom stereocenters. The van der Waals surface area contributed by atoms with Crippen LogP contribution in [0.15, 0.2) is 23.3 Å². The molecule has 0 aromatic carbocycles. The van der Waals surface area contributed by atoms with E-state index in [4.69, 9.17) is 5.53 Å². The molecule has 0 aliphatic rings. The molecular formula is C5H3FN4. The van der Waals surface area contributed by atoms with Crippen molar-refractivity contribution in [2.24, 2.45) is 5.11 Å². The number of hydrogen-bond acceptors (Lipinski definition) is 2. The van der Waals surface area contributed by atoms with Gasteiger partial charge in [-0.3, -0.25) is 0 Å². The van der Waals surface area contributed by atoms with Crippen molar-refractivity contribution in [3.8, 4) is 0 Å². The van der Waals surface area contributed by atoms with Crippen LogP contribution in [0.1, 0.15) is 0 Å².